The van der Waals surface area contributed by atoms with Gasteiger partial charge in [0.1, 0.15) is 0 Å². The van der Waals surface area contributed by atoms with Gasteiger partial charge in [0.2, 0.25) is 5.95 Å². The largest absolute Gasteiger partial charge is 0.376 e. The maximum Gasteiger partial charge on any atom is 0.221 e. The minimum Gasteiger partial charge on any atom is -0.376 e. The van der Waals surface area contributed by atoms with E-state index in [1.807, 2.05) is 0 Å². The predicted molar refractivity (Wildman–Crippen MR) is 67.7 cm³/mol. The van der Waals surface area contributed by atoms with Crippen molar-refractivity contribution in [1.82, 2.24) is 14.8 Å². The van der Waals surface area contributed by atoms with E-state index in [4.69, 9.17) is 9.84 Å². The maximum atomic E-state index is 5.84. The van der Waals surface area contributed by atoms with Gasteiger partial charge < -0.3 is 10.1 Å². The van der Waals surface area contributed by atoms with E-state index < -0.39 is 0 Å². The van der Waals surface area contributed by atoms with E-state index in [0.29, 0.717) is 18.1 Å². The van der Waals surface area contributed by atoms with E-state index in [0.717, 1.165) is 31.3 Å². The number of rotatable bonds is 2. The average molecular weight is 248 g/mol. The molecule has 2 unspecified atom stereocenters. The molecule has 2 aliphatic heterocycles. The van der Waals surface area contributed by atoms with Crippen LogP contribution in [0.3, 0.4) is 0 Å². The second-order valence-electron chi connectivity index (χ2n) is 5.70. The van der Waals surface area contributed by atoms with E-state index in [1.54, 1.807) is 0 Å². The van der Waals surface area contributed by atoms with Gasteiger partial charge >= 0.3 is 0 Å². The first-order valence-corrected chi connectivity index (χ1v) is 7.24. The Morgan fingerprint density at radius 3 is 2.83 bits per heavy atom. The van der Waals surface area contributed by atoms with Gasteiger partial charge in [-0.15, -0.1) is 0 Å². The van der Waals surface area contributed by atoms with E-state index >= 15 is 0 Å². The Balaban J connectivity index is 1.63. The standard InChI is InChI=1S/C13H20N4O/c1-3-9(4-1)12-15-13-14-7-6-10(17(13)16-12)11-5-2-8-18-11/h9-11H,1-8H2,(H,14,15,16). The zero-order chi connectivity index (χ0) is 11.9. The summed E-state index contributed by atoms with van der Waals surface area (Å²) in [5.74, 6) is 2.62. The molecule has 1 aromatic heterocycles. The summed E-state index contributed by atoms with van der Waals surface area (Å²) in [6.45, 7) is 1.90. The third-order valence-corrected chi connectivity index (χ3v) is 4.55. The van der Waals surface area contributed by atoms with Crippen LogP contribution in [0, 0.1) is 0 Å². The van der Waals surface area contributed by atoms with Gasteiger partial charge in [0, 0.05) is 19.1 Å². The highest BCUT2D eigenvalue weighted by atomic mass is 16.5. The van der Waals surface area contributed by atoms with Gasteiger partial charge in [0.05, 0.1) is 12.1 Å². The van der Waals surface area contributed by atoms with Crippen molar-refractivity contribution in [3.8, 4) is 0 Å². The topological polar surface area (TPSA) is 52.0 Å². The average Bonchev–Trinajstić information content (AvgIpc) is 2.94. The van der Waals surface area contributed by atoms with Crippen LogP contribution >= 0.6 is 0 Å². The lowest BCUT2D eigenvalue weighted by molar-refractivity contribution is 0.0588. The van der Waals surface area contributed by atoms with Crippen LogP contribution < -0.4 is 5.32 Å². The summed E-state index contributed by atoms with van der Waals surface area (Å²) < 4.78 is 7.95. The summed E-state index contributed by atoms with van der Waals surface area (Å²) in [6.07, 6.45) is 7.66. The number of hydrogen-bond acceptors (Lipinski definition) is 4. The fourth-order valence-electron chi connectivity index (χ4n) is 3.23. The van der Waals surface area contributed by atoms with Crippen LogP contribution in [-0.4, -0.2) is 34.0 Å². The molecule has 1 saturated heterocycles. The highest BCUT2D eigenvalue weighted by Crippen LogP contribution is 2.37. The van der Waals surface area contributed by atoms with Gasteiger partial charge in [-0.1, -0.05) is 6.42 Å². The molecule has 0 aromatic carbocycles. The predicted octanol–water partition coefficient (Wildman–Crippen LogP) is 2.08. The molecule has 18 heavy (non-hydrogen) atoms. The number of hydrogen-bond donors (Lipinski definition) is 1. The highest BCUT2D eigenvalue weighted by Gasteiger charge is 2.34. The summed E-state index contributed by atoms with van der Waals surface area (Å²) in [5.41, 5.74) is 0. The molecule has 3 heterocycles. The van der Waals surface area contributed by atoms with Crippen molar-refractivity contribution in [3.63, 3.8) is 0 Å². The van der Waals surface area contributed by atoms with Gasteiger partial charge in [-0.3, -0.25) is 0 Å². The van der Waals surface area contributed by atoms with E-state index in [2.05, 4.69) is 15.0 Å². The minimum atomic E-state index is 0.349. The number of ether oxygens (including phenoxy) is 1. The lowest BCUT2D eigenvalue weighted by atomic mass is 9.85. The molecule has 0 radical (unpaired) electrons. The monoisotopic (exact) mass is 248 g/mol. The third-order valence-electron chi connectivity index (χ3n) is 4.55. The zero-order valence-electron chi connectivity index (χ0n) is 10.6. The molecule has 4 rings (SSSR count). The Morgan fingerprint density at radius 1 is 1.17 bits per heavy atom. The van der Waals surface area contributed by atoms with Crippen molar-refractivity contribution >= 4 is 5.95 Å². The quantitative estimate of drug-likeness (QED) is 0.870. The van der Waals surface area contributed by atoms with Crippen LogP contribution in [0.1, 0.15) is 56.3 Å². The first kappa shape index (κ1) is 10.8. The molecule has 1 saturated carbocycles. The molecule has 1 N–H and O–H groups in total. The van der Waals surface area contributed by atoms with Gasteiger partial charge in [-0.25, -0.2) is 4.68 Å². The van der Waals surface area contributed by atoms with Crippen LogP contribution in [-0.2, 0) is 4.74 Å². The maximum absolute atomic E-state index is 5.84. The smallest absolute Gasteiger partial charge is 0.221 e. The van der Waals surface area contributed by atoms with Crippen LogP contribution in [0.4, 0.5) is 5.95 Å². The summed E-state index contributed by atoms with van der Waals surface area (Å²) >= 11 is 0. The molecule has 2 atom stereocenters. The summed E-state index contributed by atoms with van der Waals surface area (Å²) in [6, 6.07) is 0.394. The Kier molecular flexibility index (Phi) is 2.53. The molecule has 5 heteroatoms. The molecule has 2 fully saturated rings. The SMILES string of the molecule is C1CC(c2nc3n(n2)C(C2CCCO2)CCN3)C1. The lowest BCUT2D eigenvalue weighted by Gasteiger charge is -2.28. The molecular formula is C13H20N4O. The molecule has 0 spiro atoms. The number of anilines is 1. The summed E-state index contributed by atoms with van der Waals surface area (Å²) in [5, 5.41) is 8.14. The van der Waals surface area contributed by atoms with Crippen molar-refractivity contribution in [2.45, 2.75) is 56.6 Å². The van der Waals surface area contributed by atoms with E-state index in [1.165, 1.54) is 32.1 Å². The molecule has 0 amide bonds. The molecular weight excluding hydrogens is 228 g/mol. The van der Waals surface area contributed by atoms with Crippen molar-refractivity contribution in [1.29, 1.82) is 0 Å². The van der Waals surface area contributed by atoms with Crippen molar-refractivity contribution < 1.29 is 4.74 Å². The number of fused-ring (bicyclic) bond motifs is 1. The van der Waals surface area contributed by atoms with Crippen LogP contribution in [0.5, 0.6) is 0 Å². The number of nitrogens with zero attached hydrogens (tertiary/aromatic N) is 3. The van der Waals surface area contributed by atoms with Crippen LogP contribution in [0.2, 0.25) is 0 Å². The van der Waals surface area contributed by atoms with Crippen molar-refractivity contribution in [2.75, 3.05) is 18.5 Å². The fraction of sp³-hybridized carbons (Fsp3) is 0.846. The second-order valence-corrected chi connectivity index (χ2v) is 5.70. The lowest BCUT2D eigenvalue weighted by Crippen LogP contribution is -2.32. The summed E-state index contributed by atoms with van der Waals surface area (Å²) in [7, 11) is 0. The zero-order valence-corrected chi connectivity index (χ0v) is 10.6. The van der Waals surface area contributed by atoms with Gasteiger partial charge in [0.15, 0.2) is 5.82 Å². The molecule has 3 aliphatic rings. The molecule has 0 bridgehead atoms. The second kappa shape index (κ2) is 4.23. The first-order chi connectivity index (χ1) is 8.92. The Hall–Kier alpha value is -1.10. The summed E-state index contributed by atoms with van der Waals surface area (Å²) in [4.78, 5) is 4.68. The first-order valence-electron chi connectivity index (χ1n) is 7.24. The normalized spacial score (nSPS) is 31.8. The number of nitrogens with one attached hydrogen (secondary N) is 1. The van der Waals surface area contributed by atoms with Crippen LogP contribution in [0.25, 0.3) is 0 Å². The molecule has 98 valence electrons. The minimum absolute atomic E-state index is 0.349. The van der Waals surface area contributed by atoms with Crippen molar-refractivity contribution in [3.05, 3.63) is 5.82 Å². The van der Waals surface area contributed by atoms with Gasteiger partial charge in [-0.05, 0) is 32.1 Å². The van der Waals surface area contributed by atoms with Crippen molar-refractivity contribution in [2.24, 2.45) is 0 Å². The van der Waals surface area contributed by atoms with Crippen LogP contribution in [0.15, 0.2) is 0 Å². The van der Waals surface area contributed by atoms with Gasteiger partial charge in [0.25, 0.3) is 0 Å². The van der Waals surface area contributed by atoms with Gasteiger partial charge in [-0.2, -0.15) is 10.1 Å². The molecule has 5 nitrogen and oxygen atoms in total. The Bertz CT molecular complexity index is 434. The van der Waals surface area contributed by atoms with E-state index in [9.17, 15) is 0 Å². The van der Waals surface area contributed by atoms with E-state index in [-0.39, 0.29) is 0 Å². The third kappa shape index (κ3) is 1.64. The Labute approximate surface area is 107 Å². The molecule has 1 aliphatic carbocycles. The Morgan fingerprint density at radius 2 is 2.11 bits per heavy atom. The molecule has 1 aromatic rings. The number of aromatic nitrogens is 3. The fourth-order valence-corrected chi connectivity index (χ4v) is 3.23. The highest BCUT2D eigenvalue weighted by molar-refractivity contribution is 5.29.